The molecule has 1 aliphatic heterocycles. The van der Waals surface area contributed by atoms with Gasteiger partial charge < -0.3 is 19.5 Å². The molecule has 2 aromatic heterocycles. The molecule has 3 heterocycles. The zero-order valence-electron chi connectivity index (χ0n) is 24.7. The molecule has 0 aromatic carbocycles. The van der Waals surface area contributed by atoms with Crippen LogP contribution in [0.1, 0.15) is 61.9 Å². The van der Waals surface area contributed by atoms with Crippen LogP contribution in [0.4, 0.5) is 10.5 Å². The Kier molecular flexibility index (Phi) is 10.7. The maximum atomic E-state index is 13.4. The first kappa shape index (κ1) is 30.8. The maximum Gasteiger partial charge on any atom is 0.407 e. The summed E-state index contributed by atoms with van der Waals surface area (Å²) >= 11 is 0. The first-order chi connectivity index (χ1) is 20.2. The molecule has 2 amide bonds. The summed E-state index contributed by atoms with van der Waals surface area (Å²) in [5.41, 5.74) is 3.58. The fourth-order valence-corrected chi connectivity index (χ4v) is 5.48. The van der Waals surface area contributed by atoms with Crippen molar-refractivity contribution >= 4 is 29.2 Å². The van der Waals surface area contributed by atoms with Gasteiger partial charge in [0.25, 0.3) is 5.56 Å². The molecular weight excluding hydrogens is 536 g/mol. The van der Waals surface area contributed by atoms with Gasteiger partial charge in [-0.25, -0.2) is 14.8 Å². The summed E-state index contributed by atoms with van der Waals surface area (Å²) in [6.45, 7) is 0.286. The van der Waals surface area contributed by atoms with Crippen LogP contribution in [0.2, 0.25) is 0 Å². The summed E-state index contributed by atoms with van der Waals surface area (Å²) in [7, 11) is 4.51. The number of methoxy groups -OCH3 is 1. The number of rotatable bonds is 12. The molecule has 11 heteroatoms. The molecule has 224 valence electrons. The summed E-state index contributed by atoms with van der Waals surface area (Å²) in [4.78, 5) is 65.5. The largest absolute Gasteiger partial charge is 0.453 e. The number of nitrogens with zero attached hydrogens (tertiary/aromatic N) is 5. The smallest absolute Gasteiger partial charge is 0.407 e. The fourth-order valence-electron chi connectivity index (χ4n) is 5.48. The molecule has 1 aliphatic carbocycles. The minimum absolute atomic E-state index is 0.154. The molecule has 0 saturated heterocycles. The van der Waals surface area contributed by atoms with Gasteiger partial charge in [0, 0.05) is 44.4 Å². The number of fused-ring (bicyclic) bond motifs is 1. The second-order valence-corrected chi connectivity index (χ2v) is 11.2. The molecule has 1 N–H and O–H groups in total. The number of carbonyl (C=O) groups is 3. The number of aromatic nitrogens is 3. The Balaban J connectivity index is 1.43. The van der Waals surface area contributed by atoms with E-state index in [9.17, 15) is 19.2 Å². The van der Waals surface area contributed by atoms with Crippen molar-refractivity contribution in [2.75, 3.05) is 21.2 Å². The van der Waals surface area contributed by atoms with E-state index < -0.39 is 12.1 Å². The molecular formula is C31H40N6O5. The van der Waals surface area contributed by atoms with E-state index in [4.69, 9.17) is 4.99 Å². The van der Waals surface area contributed by atoms with E-state index in [2.05, 4.69) is 20.0 Å². The van der Waals surface area contributed by atoms with Crippen LogP contribution in [0.25, 0.3) is 0 Å². The second-order valence-electron chi connectivity index (χ2n) is 11.2. The zero-order valence-corrected chi connectivity index (χ0v) is 24.7. The van der Waals surface area contributed by atoms with Gasteiger partial charge >= 0.3 is 6.09 Å². The Morgan fingerprint density at radius 3 is 2.71 bits per heavy atom. The van der Waals surface area contributed by atoms with Crippen LogP contribution in [-0.2, 0) is 40.1 Å². The Hall–Kier alpha value is -4.15. The van der Waals surface area contributed by atoms with Crippen molar-refractivity contribution in [3.63, 3.8) is 0 Å². The number of amides is 2. The number of aliphatic imine (C=N–C) groups is 1. The highest BCUT2D eigenvalue weighted by Crippen LogP contribution is 2.33. The van der Waals surface area contributed by atoms with Crippen molar-refractivity contribution in [2.24, 2.45) is 10.9 Å². The summed E-state index contributed by atoms with van der Waals surface area (Å²) in [5, 5.41) is 2.55. The minimum Gasteiger partial charge on any atom is -0.453 e. The standard InChI is InChI=1S/C31H40N6O5/c1-36(2)28(39)14-8-7-13-24(35-31(41)42-3)27(38)17-22-12-9-15-37(30(22)40)19-23-18-26-29(34-23)25(32-20-33-26)16-21-10-5-4-6-11-21/h8-9,12,14-15,20-21,24H,4-7,10-11,13,16-19H2,1-3H3,(H,35,41)/b14-8+/t24-/m0/s1. The number of pyridine rings is 1. The van der Waals surface area contributed by atoms with E-state index in [1.54, 1.807) is 49.4 Å². The van der Waals surface area contributed by atoms with E-state index in [0.717, 1.165) is 29.2 Å². The lowest BCUT2D eigenvalue weighted by Gasteiger charge is -2.21. The van der Waals surface area contributed by atoms with Gasteiger partial charge in [-0.2, -0.15) is 0 Å². The molecule has 4 rings (SSSR count). The lowest BCUT2D eigenvalue weighted by molar-refractivity contribution is -0.123. The van der Waals surface area contributed by atoms with E-state index >= 15 is 0 Å². The van der Waals surface area contributed by atoms with Gasteiger partial charge in [-0.3, -0.25) is 19.4 Å². The quantitative estimate of drug-likeness (QED) is 0.383. The zero-order chi connectivity index (χ0) is 30.1. The summed E-state index contributed by atoms with van der Waals surface area (Å²) in [6.07, 6.45) is 13.9. The molecule has 11 nitrogen and oxygen atoms in total. The van der Waals surface area contributed by atoms with Crippen LogP contribution in [0.15, 0.2) is 46.6 Å². The number of alkyl carbamates (subject to hydrolysis) is 1. The van der Waals surface area contributed by atoms with Crippen molar-refractivity contribution in [3.05, 3.63) is 64.1 Å². The molecule has 2 aromatic rings. The van der Waals surface area contributed by atoms with Gasteiger partial charge in [0.15, 0.2) is 5.78 Å². The molecule has 1 saturated carbocycles. The number of hydrogen-bond acceptors (Lipinski definition) is 8. The number of hydrogen-bond donors (Lipinski definition) is 1. The van der Waals surface area contributed by atoms with Crippen molar-refractivity contribution in [1.29, 1.82) is 0 Å². The van der Waals surface area contributed by atoms with Crippen molar-refractivity contribution in [1.82, 2.24) is 24.8 Å². The van der Waals surface area contributed by atoms with Crippen molar-refractivity contribution < 1.29 is 19.1 Å². The molecule has 1 fully saturated rings. The van der Waals surface area contributed by atoms with Gasteiger partial charge in [-0.15, -0.1) is 0 Å². The number of ether oxygens (including phenoxy) is 1. The SMILES string of the molecule is COC(=O)N[C@@H](CC/C=C/C(=O)N(C)C)C(=O)Cc1cccn(CC2=Nc3c(ncnc3CC3CCCCC3)C2)c1=O. The van der Waals surface area contributed by atoms with Crippen LogP contribution in [0, 0.1) is 5.92 Å². The minimum atomic E-state index is -0.875. The predicted molar refractivity (Wildman–Crippen MR) is 159 cm³/mol. The predicted octanol–water partition coefficient (Wildman–Crippen LogP) is 3.35. The van der Waals surface area contributed by atoms with Gasteiger partial charge in [0.1, 0.15) is 12.0 Å². The third-order valence-electron chi connectivity index (χ3n) is 7.83. The average molecular weight is 577 g/mol. The Morgan fingerprint density at radius 2 is 1.98 bits per heavy atom. The van der Waals surface area contributed by atoms with E-state index in [-0.39, 0.29) is 36.6 Å². The molecule has 0 unspecified atom stereocenters. The lowest BCUT2D eigenvalue weighted by Crippen LogP contribution is -2.42. The van der Waals surface area contributed by atoms with Crippen LogP contribution in [0.5, 0.6) is 0 Å². The number of ketones is 1. The van der Waals surface area contributed by atoms with Crippen LogP contribution in [0.3, 0.4) is 0 Å². The van der Waals surface area contributed by atoms with E-state index in [1.165, 1.54) is 50.2 Å². The number of likely N-dealkylation sites (N-methyl/N-ethyl adjacent to an activating group) is 1. The fraction of sp³-hybridized carbons (Fsp3) is 0.516. The highest BCUT2D eigenvalue weighted by Gasteiger charge is 2.25. The first-order valence-corrected chi connectivity index (χ1v) is 14.6. The summed E-state index contributed by atoms with van der Waals surface area (Å²) < 4.78 is 6.24. The molecule has 0 radical (unpaired) electrons. The molecule has 0 spiro atoms. The molecule has 0 bridgehead atoms. The number of nitrogens with one attached hydrogen (secondary N) is 1. The highest BCUT2D eigenvalue weighted by atomic mass is 16.5. The average Bonchev–Trinajstić information content (AvgIpc) is 3.40. The topological polar surface area (TPSA) is 136 Å². The third-order valence-corrected chi connectivity index (χ3v) is 7.83. The Bertz CT molecular complexity index is 1410. The van der Waals surface area contributed by atoms with Gasteiger partial charge in [0.2, 0.25) is 5.91 Å². The van der Waals surface area contributed by atoms with Crippen LogP contribution in [-0.4, -0.2) is 70.2 Å². The van der Waals surface area contributed by atoms with Crippen molar-refractivity contribution in [3.8, 4) is 0 Å². The highest BCUT2D eigenvalue weighted by molar-refractivity contribution is 5.93. The molecule has 2 aliphatic rings. The Morgan fingerprint density at radius 1 is 1.19 bits per heavy atom. The molecule has 1 atom stereocenters. The third kappa shape index (κ3) is 8.20. The van der Waals surface area contributed by atoms with Crippen LogP contribution < -0.4 is 10.9 Å². The maximum absolute atomic E-state index is 13.4. The number of carbonyl (C=O) groups excluding carboxylic acids is 3. The van der Waals surface area contributed by atoms with Crippen LogP contribution >= 0.6 is 0 Å². The van der Waals surface area contributed by atoms with Gasteiger partial charge in [-0.05, 0) is 37.3 Å². The monoisotopic (exact) mass is 576 g/mol. The first-order valence-electron chi connectivity index (χ1n) is 14.6. The summed E-state index contributed by atoms with van der Waals surface area (Å²) in [5.74, 6) is 0.129. The van der Waals surface area contributed by atoms with E-state index in [1.807, 2.05) is 0 Å². The summed E-state index contributed by atoms with van der Waals surface area (Å²) in [6, 6.07) is 2.49. The number of allylic oxidation sites excluding steroid dienone is 1. The van der Waals surface area contributed by atoms with Crippen molar-refractivity contribution in [2.45, 2.75) is 76.8 Å². The normalized spacial score (nSPS) is 15.6. The second kappa shape index (κ2) is 14.7. The van der Waals surface area contributed by atoms with E-state index in [0.29, 0.717) is 24.3 Å². The number of Topliss-reactive ketones (excluding diaryl/α,β-unsaturated/α-hetero) is 1. The molecule has 42 heavy (non-hydrogen) atoms. The van der Waals surface area contributed by atoms with Gasteiger partial charge in [0.05, 0.1) is 31.1 Å². The lowest BCUT2D eigenvalue weighted by atomic mass is 9.86. The van der Waals surface area contributed by atoms with Gasteiger partial charge in [-0.1, -0.05) is 44.2 Å². The Labute approximate surface area is 246 Å².